The number of sulfone groups is 1. The fraction of sp³-hybridized carbons (Fsp3) is 0.350. The van der Waals surface area contributed by atoms with Gasteiger partial charge in [0.25, 0.3) is 0 Å². The molecule has 0 aromatic heterocycles. The third-order valence-corrected chi connectivity index (χ3v) is 6.44. The van der Waals surface area contributed by atoms with E-state index in [-0.39, 0.29) is 23.2 Å². The van der Waals surface area contributed by atoms with Crippen LogP contribution in [0, 0.1) is 18.7 Å². The van der Waals surface area contributed by atoms with Crippen molar-refractivity contribution in [3.05, 3.63) is 65.5 Å². The van der Waals surface area contributed by atoms with Crippen molar-refractivity contribution in [2.75, 3.05) is 25.4 Å². The van der Waals surface area contributed by atoms with Gasteiger partial charge in [-0.15, -0.1) is 0 Å². The predicted molar refractivity (Wildman–Crippen MR) is 102 cm³/mol. The molecule has 0 atom stereocenters. The van der Waals surface area contributed by atoms with E-state index in [1.165, 1.54) is 23.3 Å². The molecule has 1 N–H and O–H groups in total. The zero-order valence-corrected chi connectivity index (χ0v) is 16.0. The van der Waals surface area contributed by atoms with Crippen LogP contribution in [0.5, 0.6) is 0 Å². The van der Waals surface area contributed by atoms with E-state index in [2.05, 4.69) is 36.5 Å². The predicted octanol–water partition coefficient (Wildman–Crippen LogP) is 2.79. The maximum Gasteiger partial charge on any atom is 0.317 e. The van der Waals surface area contributed by atoms with Gasteiger partial charge in [-0.1, -0.05) is 29.8 Å². The number of nitrogens with one attached hydrogen (secondary N) is 1. The topological polar surface area (TPSA) is 66.5 Å². The second-order valence-corrected chi connectivity index (χ2v) is 9.07. The Bertz CT molecular complexity index is 890. The number of amides is 2. The molecule has 0 radical (unpaired) electrons. The fourth-order valence-electron chi connectivity index (χ4n) is 3.09. The van der Waals surface area contributed by atoms with Crippen LogP contribution in [0.2, 0.25) is 0 Å². The van der Waals surface area contributed by atoms with Crippen molar-refractivity contribution in [1.29, 1.82) is 0 Å². The Labute approximate surface area is 159 Å². The Morgan fingerprint density at radius 2 is 1.74 bits per heavy atom. The third kappa shape index (κ3) is 5.07. The molecule has 27 heavy (non-hydrogen) atoms. The lowest BCUT2D eigenvalue weighted by Gasteiger charge is -2.39. The Kier molecular flexibility index (Phi) is 5.79. The molecule has 0 spiro atoms. The first-order chi connectivity index (χ1) is 12.8. The monoisotopic (exact) mass is 390 g/mol. The number of hydrogen-bond donors (Lipinski definition) is 1. The average Bonchev–Trinajstić information content (AvgIpc) is 2.59. The van der Waals surface area contributed by atoms with Gasteiger partial charge in [0, 0.05) is 19.6 Å². The zero-order valence-electron chi connectivity index (χ0n) is 15.2. The number of carbonyl (C=O) groups is 1. The minimum atomic E-state index is -3.54. The molecule has 144 valence electrons. The molecule has 0 bridgehead atoms. The lowest BCUT2D eigenvalue weighted by molar-refractivity contribution is 0.121. The van der Waals surface area contributed by atoms with Crippen molar-refractivity contribution in [3.63, 3.8) is 0 Å². The van der Waals surface area contributed by atoms with Crippen molar-refractivity contribution < 1.29 is 17.6 Å². The Hall–Kier alpha value is -2.41. The van der Waals surface area contributed by atoms with E-state index in [9.17, 15) is 17.6 Å². The molecule has 5 nitrogen and oxygen atoms in total. The molecule has 7 heteroatoms. The summed E-state index contributed by atoms with van der Waals surface area (Å²) in [6.07, 6.45) is 0.934. The van der Waals surface area contributed by atoms with Crippen LogP contribution in [0.3, 0.4) is 0 Å². The van der Waals surface area contributed by atoms with Crippen molar-refractivity contribution in [2.24, 2.45) is 5.92 Å². The van der Waals surface area contributed by atoms with Gasteiger partial charge in [0.2, 0.25) is 0 Å². The van der Waals surface area contributed by atoms with Crippen LogP contribution >= 0.6 is 0 Å². The number of benzene rings is 2. The number of likely N-dealkylation sites (tertiary alicyclic amines) is 1. The molecule has 2 aromatic carbocycles. The summed E-state index contributed by atoms with van der Waals surface area (Å²) in [5.41, 5.74) is 2.49. The number of rotatable bonds is 6. The van der Waals surface area contributed by atoms with Crippen molar-refractivity contribution in [3.8, 4) is 0 Å². The van der Waals surface area contributed by atoms with E-state index in [1.807, 2.05) is 0 Å². The van der Waals surface area contributed by atoms with Crippen LogP contribution in [0.15, 0.2) is 53.4 Å². The summed E-state index contributed by atoms with van der Waals surface area (Å²) in [7, 11) is -3.54. The van der Waals surface area contributed by atoms with E-state index < -0.39 is 15.7 Å². The van der Waals surface area contributed by atoms with Crippen LogP contribution in [0.25, 0.3) is 0 Å². The third-order valence-electron chi connectivity index (χ3n) is 4.71. The van der Waals surface area contributed by atoms with Crippen LogP contribution < -0.4 is 5.32 Å². The molecule has 1 heterocycles. The number of carbonyl (C=O) groups excluding carboxylic acids is 1. The molecule has 3 rings (SSSR count). The standard InChI is InChI=1S/C20H23FN2O3S/c1-15-2-4-16(5-3-15)12-17-13-23(14-17)20(24)22-10-11-27(25,26)19-8-6-18(21)7-9-19/h2-9,17H,10-14H2,1H3,(H,22,24). The first kappa shape index (κ1) is 19.4. The smallest absolute Gasteiger partial charge is 0.317 e. The highest BCUT2D eigenvalue weighted by atomic mass is 32.2. The molecular weight excluding hydrogens is 367 g/mol. The summed E-state index contributed by atoms with van der Waals surface area (Å²) in [5, 5.41) is 2.65. The quantitative estimate of drug-likeness (QED) is 0.772. The number of aryl methyl sites for hydroxylation is 1. The largest absolute Gasteiger partial charge is 0.337 e. The summed E-state index contributed by atoms with van der Waals surface area (Å²) in [6.45, 7) is 3.42. The lowest BCUT2D eigenvalue weighted by atomic mass is 9.92. The maximum absolute atomic E-state index is 12.9. The highest BCUT2D eigenvalue weighted by Gasteiger charge is 2.30. The van der Waals surface area contributed by atoms with Gasteiger partial charge in [0.15, 0.2) is 9.84 Å². The van der Waals surface area contributed by atoms with Gasteiger partial charge in [0.05, 0.1) is 10.6 Å². The molecule has 2 aromatic rings. The Morgan fingerprint density at radius 1 is 1.11 bits per heavy atom. The molecule has 0 saturated carbocycles. The zero-order chi connectivity index (χ0) is 19.4. The minimum Gasteiger partial charge on any atom is -0.337 e. The van der Waals surface area contributed by atoms with E-state index in [1.54, 1.807) is 4.90 Å². The van der Waals surface area contributed by atoms with Crippen molar-refractivity contribution in [1.82, 2.24) is 10.2 Å². The highest BCUT2D eigenvalue weighted by Crippen LogP contribution is 2.20. The second kappa shape index (κ2) is 8.08. The summed E-state index contributed by atoms with van der Waals surface area (Å²) in [6, 6.07) is 12.8. The van der Waals surface area contributed by atoms with Crippen LogP contribution in [0.1, 0.15) is 11.1 Å². The van der Waals surface area contributed by atoms with E-state index in [0.29, 0.717) is 19.0 Å². The lowest BCUT2D eigenvalue weighted by Crippen LogP contribution is -2.54. The molecule has 1 fully saturated rings. The fourth-order valence-corrected chi connectivity index (χ4v) is 4.24. The number of urea groups is 1. The average molecular weight is 390 g/mol. The second-order valence-electron chi connectivity index (χ2n) is 6.97. The van der Waals surface area contributed by atoms with Gasteiger partial charge in [-0.2, -0.15) is 0 Å². The molecule has 1 saturated heterocycles. The summed E-state index contributed by atoms with van der Waals surface area (Å²) >= 11 is 0. The molecule has 2 amide bonds. The van der Waals surface area contributed by atoms with Gasteiger partial charge in [0.1, 0.15) is 5.82 Å². The molecule has 1 aliphatic heterocycles. The SMILES string of the molecule is Cc1ccc(CC2CN(C(=O)NCCS(=O)(=O)c3ccc(F)cc3)C2)cc1. The number of hydrogen-bond acceptors (Lipinski definition) is 3. The summed E-state index contributed by atoms with van der Waals surface area (Å²) < 4.78 is 37.2. The Balaban J connectivity index is 1.40. The normalized spacial score (nSPS) is 14.7. The van der Waals surface area contributed by atoms with E-state index in [0.717, 1.165) is 18.6 Å². The van der Waals surface area contributed by atoms with Crippen molar-refractivity contribution >= 4 is 15.9 Å². The van der Waals surface area contributed by atoms with Crippen LogP contribution in [0.4, 0.5) is 9.18 Å². The van der Waals surface area contributed by atoms with Gasteiger partial charge >= 0.3 is 6.03 Å². The van der Waals surface area contributed by atoms with Gasteiger partial charge in [-0.3, -0.25) is 0 Å². The highest BCUT2D eigenvalue weighted by molar-refractivity contribution is 7.91. The van der Waals surface area contributed by atoms with Gasteiger partial charge < -0.3 is 10.2 Å². The van der Waals surface area contributed by atoms with Gasteiger partial charge in [-0.25, -0.2) is 17.6 Å². The van der Waals surface area contributed by atoms with Crippen LogP contribution in [-0.2, 0) is 16.3 Å². The summed E-state index contributed by atoms with van der Waals surface area (Å²) in [4.78, 5) is 13.8. The van der Waals surface area contributed by atoms with Crippen LogP contribution in [-0.4, -0.2) is 44.7 Å². The molecule has 0 aliphatic carbocycles. The molecular formula is C20H23FN2O3S. The van der Waals surface area contributed by atoms with E-state index in [4.69, 9.17) is 0 Å². The van der Waals surface area contributed by atoms with Crippen molar-refractivity contribution in [2.45, 2.75) is 18.2 Å². The summed E-state index contributed by atoms with van der Waals surface area (Å²) in [5.74, 6) is -0.271. The van der Waals surface area contributed by atoms with Gasteiger partial charge in [-0.05, 0) is 49.1 Å². The molecule has 0 unspecified atom stereocenters. The first-order valence-electron chi connectivity index (χ1n) is 8.90. The number of halogens is 1. The first-order valence-corrected chi connectivity index (χ1v) is 10.6. The Morgan fingerprint density at radius 3 is 2.37 bits per heavy atom. The number of nitrogens with zero attached hydrogens (tertiary/aromatic N) is 1. The minimum absolute atomic E-state index is 0.0255. The van der Waals surface area contributed by atoms with E-state index >= 15 is 0 Å². The molecule has 1 aliphatic rings. The maximum atomic E-state index is 12.9.